The van der Waals surface area contributed by atoms with Crippen LogP contribution in [-0.4, -0.2) is 44.4 Å². The van der Waals surface area contributed by atoms with Gasteiger partial charge in [-0.25, -0.2) is 0 Å². The molecule has 1 aliphatic rings. The van der Waals surface area contributed by atoms with Gasteiger partial charge in [-0.15, -0.1) is 0 Å². The van der Waals surface area contributed by atoms with Crippen molar-refractivity contribution in [2.75, 3.05) is 38.1 Å². The van der Waals surface area contributed by atoms with E-state index in [-0.39, 0.29) is 11.8 Å². The molecule has 1 saturated heterocycles. The Balaban J connectivity index is 2.30. The Kier molecular flexibility index (Phi) is 3.80. The van der Waals surface area contributed by atoms with Crippen LogP contribution in [0.2, 0.25) is 0 Å². The summed E-state index contributed by atoms with van der Waals surface area (Å²) >= 11 is 0. The summed E-state index contributed by atoms with van der Waals surface area (Å²) in [5, 5.41) is 0. The minimum Gasteiger partial charge on any atom is -0.369 e. The third-order valence-corrected chi connectivity index (χ3v) is 3.34. The summed E-state index contributed by atoms with van der Waals surface area (Å²) in [4.78, 5) is 14.7. The fourth-order valence-electron chi connectivity index (χ4n) is 2.15. The highest BCUT2D eigenvalue weighted by Gasteiger charge is 2.34. The van der Waals surface area contributed by atoms with E-state index in [0.29, 0.717) is 18.8 Å². The van der Waals surface area contributed by atoms with Crippen LogP contribution in [0.4, 0.5) is 18.9 Å². The summed E-state index contributed by atoms with van der Waals surface area (Å²) in [6, 6.07) is 3.88. The summed E-state index contributed by atoms with van der Waals surface area (Å²) in [7, 11) is 1.98. The number of alkyl halides is 3. The van der Waals surface area contributed by atoms with E-state index < -0.39 is 11.7 Å². The number of hydrogen-bond acceptors (Lipinski definition) is 3. The van der Waals surface area contributed by atoms with Crippen LogP contribution in [0, 0.1) is 0 Å². The first kappa shape index (κ1) is 13.9. The summed E-state index contributed by atoms with van der Waals surface area (Å²) < 4.78 is 38.6. The maximum absolute atomic E-state index is 12.9. The first-order chi connectivity index (χ1) is 8.91. The molecule has 2 rings (SSSR count). The highest BCUT2D eigenvalue weighted by atomic mass is 19.4. The van der Waals surface area contributed by atoms with E-state index in [4.69, 9.17) is 0 Å². The highest BCUT2D eigenvalue weighted by molar-refractivity contribution is 5.79. The summed E-state index contributed by atoms with van der Waals surface area (Å²) in [5.41, 5.74) is -0.657. The van der Waals surface area contributed by atoms with Gasteiger partial charge in [0.15, 0.2) is 6.29 Å². The van der Waals surface area contributed by atoms with Crippen LogP contribution in [0.5, 0.6) is 0 Å². The molecular formula is C13H15F3N2O. The van der Waals surface area contributed by atoms with Crippen molar-refractivity contribution >= 4 is 12.0 Å². The van der Waals surface area contributed by atoms with Crippen molar-refractivity contribution in [2.45, 2.75) is 6.18 Å². The van der Waals surface area contributed by atoms with E-state index in [0.717, 1.165) is 19.2 Å². The Bertz CT molecular complexity index is 465. The predicted molar refractivity (Wildman–Crippen MR) is 66.5 cm³/mol. The van der Waals surface area contributed by atoms with Crippen LogP contribution in [0.3, 0.4) is 0 Å². The number of anilines is 1. The highest BCUT2D eigenvalue weighted by Crippen LogP contribution is 2.34. The minimum absolute atomic E-state index is 0.247. The van der Waals surface area contributed by atoms with Gasteiger partial charge in [0.2, 0.25) is 0 Å². The Morgan fingerprint density at radius 1 is 1.16 bits per heavy atom. The fraction of sp³-hybridized carbons (Fsp3) is 0.462. The monoisotopic (exact) mass is 272 g/mol. The molecule has 19 heavy (non-hydrogen) atoms. The summed E-state index contributed by atoms with van der Waals surface area (Å²) in [6.45, 7) is 3.01. The second-order valence-electron chi connectivity index (χ2n) is 4.68. The van der Waals surface area contributed by atoms with Crippen molar-refractivity contribution in [3.63, 3.8) is 0 Å². The quantitative estimate of drug-likeness (QED) is 0.772. The first-order valence-electron chi connectivity index (χ1n) is 6.02. The lowest BCUT2D eigenvalue weighted by atomic mass is 10.1. The van der Waals surface area contributed by atoms with E-state index in [1.165, 1.54) is 6.07 Å². The number of likely N-dealkylation sites (N-methyl/N-ethyl adjacent to an activating group) is 1. The van der Waals surface area contributed by atoms with Gasteiger partial charge in [0.25, 0.3) is 0 Å². The van der Waals surface area contributed by atoms with E-state index in [1.54, 1.807) is 6.07 Å². The van der Waals surface area contributed by atoms with Crippen molar-refractivity contribution in [1.29, 1.82) is 0 Å². The van der Waals surface area contributed by atoms with Crippen LogP contribution < -0.4 is 4.90 Å². The number of piperazine rings is 1. The van der Waals surface area contributed by atoms with Gasteiger partial charge in [-0.1, -0.05) is 0 Å². The smallest absolute Gasteiger partial charge is 0.369 e. The molecule has 0 atom stereocenters. The van der Waals surface area contributed by atoms with Gasteiger partial charge in [0.05, 0.1) is 5.56 Å². The third-order valence-electron chi connectivity index (χ3n) is 3.34. The third kappa shape index (κ3) is 3.07. The molecule has 0 unspecified atom stereocenters. The number of nitrogens with zero attached hydrogens (tertiary/aromatic N) is 2. The zero-order chi connectivity index (χ0) is 14.0. The normalized spacial score (nSPS) is 17.6. The standard InChI is InChI=1S/C13H15F3N2O/c1-17-4-6-18(7-5-17)11-3-2-10(9-19)12(8-11)13(14,15)16/h2-3,8-9H,4-7H2,1H3. The molecule has 0 spiro atoms. The molecule has 0 saturated carbocycles. The average Bonchev–Trinajstić information content (AvgIpc) is 2.38. The Morgan fingerprint density at radius 3 is 2.32 bits per heavy atom. The lowest BCUT2D eigenvalue weighted by Crippen LogP contribution is -2.44. The van der Waals surface area contributed by atoms with Gasteiger partial charge < -0.3 is 9.80 Å². The molecule has 1 aromatic carbocycles. The molecule has 0 radical (unpaired) electrons. The van der Waals surface area contributed by atoms with Gasteiger partial charge in [-0.05, 0) is 25.2 Å². The molecule has 1 aromatic rings. The van der Waals surface area contributed by atoms with Gasteiger partial charge in [-0.2, -0.15) is 13.2 Å². The minimum atomic E-state index is -4.50. The first-order valence-corrected chi connectivity index (χ1v) is 6.02. The largest absolute Gasteiger partial charge is 0.417 e. The van der Waals surface area contributed by atoms with Crippen molar-refractivity contribution in [3.8, 4) is 0 Å². The van der Waals surface area contributed by atoms with Crippen LogP contribution in [0.15, 0.2) is 18.2 Å². The Labute approximate surface area is 109 Å². The second-order valence-corrected chi connectivity index (χ2v) is 4.68. The molecule has 3 nitrogen and oxygen atoms in total. The molecule has 104 valence electrons. The molecule has 1 fully saturated rings. The van der Waals surface area contributed by atoms with Crippen LogP contribution in [0.25, 0.3) is 0 Å². The van der Waals surface area contributed by atoms with E-state index in [2.05, 4.69) is 4.90 Å². The van der Waals surface area contributed by atoms with Crippen molar-refractivity contribution in [1.82, 2.24) is 4.90 Å². The number of benzene rings is 1. The van der Waals surface area contributed by atoms with E-state index >= 15 is 0 Å². The fourth-order valence-corrected chi connectivity index (χ4v) is 2.15. The number of carbonyl (C=O) groups is 1. The summed E-state index contributed by atoms with van der Waals surface area (Å²) in [6.07, 6.45) is -4.25. The Hall–Kier alpha value is -1.56. The number of halogens is 3. The predicted octanol–water partition coefficient (Wildman–Crippen LogP) is 2.27. The molecule has 0 amide bonds. The second kappa shape index (κ2) is 5.21. The number of carbonyl (C=O) groups excluding carboxylic acids is 1. The average molecular weight is 272 g/mol. The van der Waals surface area contributed by atoms with Gasteiger partial charge >= 0.3 is 6.18 Å². The SMILES string of the molecule is CN1CCN(c2ccc(C=O)c(C(F)(F)F)c2)CC1. The molecule has 0 N–H and O–H groups in total. The number of aldehydes is 1. The maximum Gasteiger partial charge on any atom is 0.417 e. The number of hydrogen-bond donors (Lipinski definition) is 0. The lowest BCUT2D eigenvalue weighted by Gasteiger charge is -2.34. The van der Waals surface area contributed by atoms with Crippen LogP contribution in [0.1, 0.15) is 15.9 Å². The topological polar surface area (TPSA) is 23.6 Å². The lowest BCUT2D eigenvalue weighted by molar-refractivity contribution is -0.137. The van der Waals surface area contributed by atoms with Crippen molar-refractivity contribution in [3.05, 3.63) is 29.3 Å². The van der Waals surface area contributed by atoms with Crippen LogP contribution in [-0.2, 0) is 6.18 Å². The van der Waals surface area contributed by atoms with E-state index in [9.17, 15) is 18.0 Å². The number of rotatable bonds is 2. The molecule has 0 aromatic heterocycles. The van der Waals surface area contributed by atoms with Crippen LogP contribution >= 0.6 is 0 Å². The Morgan fingerprint density at radius 2 is 1.79 bits per heavy atom. The van der Waals surface area contributed by atoms with Gasteiger partial charge in [-0.3, -0.25) is 4.79 Å². The summed E-state index contributed by atoms with van der Waals surface area (Å²) in [5.74, 6) is 0. The van der Waals surface area contributed by atoms with Gasteiger partial charge in [0, 0.05) is 37.4 Å². The van der Waals surface area contributed by atoms with E-state index in [1.807, 2.05) is 11.9 Å². The van der Waals surface area contributed by atoms with Gasteiger partial charge in [0.1, 0.15) is 0 Å². The molecule has 1 aliphatic heterocycles. The molecule has 0 aliphatic carbocycles. The van der Waals surface area contributed by atoms with Crippen molar-refractivity contribution < 1.29 is 18.0 Å². The van der Waals surface area contributed by atoms with Crippen molar-refractivity contribution in [2.24, 2.45) is 0 Å². The zero-order valence-electron chi connectivity index (χ0n) is 10.6. The molecule has 0 bridgehead atoms. The zero-order valence-corrected chi connectivity index (χ0v) is 10.6. The molecule has 6 heteroatoms. The molecule has 1 heterocycles. The molecular weight excluding hydrogens is 257 g/mol. The maximum atomic E-state index is 12.9.